The predicted molar refractivity (Wildman–Crippen MR) is 61.9 cm³/mol. The highest BCUT2D eigenvalue weighted by atomic mass is 32.2. The van der Waals surface area contributed by atoms with E-state index in [0.717, 1.165) is 16.8 Å². The molecule has 1 aliphatic rings. The standard InChI is InChI=1S/C10H18N4S/c1-14-10(12-8-13-14)15-6-4-9-3-2-5-11-7-9/h8-9,11H,2-7H2,1H3. The summed E-state index contributed by atoms with van der Waals surface area (Å²) in [6, 6.07) is 0. The third-order valence-electron chi connectivity index (χ3n) is 2.83. The van der Waals surface area contributed by atoms with Gasteiger partial charge in [-0.3, -0.25) is 0 Å². The van der Waals surface area contributed by atoms with Crippen LogP contribution in [0.5, 0.6) is 0 Å². The van der Waals surface area contributed by atoms with E-state index >= 15 is 0 Å². The van der Waals surface area contributed by atoms with Gasteiger partial charge in [0.15, 0.2) is 5.16 Å². The minimum atomic E-state index is 0.861. The second kappa shape index (κ2) is 5.51. The maximum absolute atomic E-state index is 4.20. The van der Waals surface area contributed by atoms with Gasteiger partial charge in [-0.05, 0) is 38.3 Å². The fourth-order valence-corrected chi connectivity index (χ4v) is 2.89. The van der Waals surface area contributed by atoms with Crippen LogP contribution in [0.4, 0.5) is 0 Å². The number of rotatable bonds is 4. The van der Waals surface area contributed by atoms with Crippen LogP contribution in [0.1, 0.15) is 19.3 Å². The Bertz CT molecular complexity index is 293. The Kier molecular flexibility index (Phi) is 4.02. The third-order valence-corrected chi connectivity index (χ3v) is 3.89. The first-order valence-corrected chi connectivity index (χ1v) is 6.52. The van der Waals surface area contributed by atoms with Gasteiger partial charge in [0.1, 0.15) is 6.33 Å². The topological polar surface area (TPSA) is 42.7 Å². The fraction of sp³-hybridized carbons (Fsp3) is 0.800. The maximum Gasteiger partial charge on any atom is 0.185 e. The number of aromatic nitrogens is 3. The molecule has 1 aromatic heterocycles. The molecule has 4 nitrogen and oxygen atoms in total. The van der Waals surface area contributed by atoms with E-state index in [2.05, 4.69) is 15.4 Å². The molecule has 0 bridgehead atoms. The number of piperidine rings is 1. The monoisotopic (exact) mass is 226 g/mol. The molecule has 0 radical (unpaired) electrons. The number of hydrogen-bond acceptors (Lipinski definition) is 4. The average molecular weight is 226 g/mol. The van der Waals surface area contributed by atoms with Crippen molar-refractivity contribution >= 4 is 11.8 Å². The van der Waals surface area contributed by atoms with E-state index in [0.29, 0.717) is 0 Å². The van der Waals surface area contributed by atoms with Gasteiger partial charge in [0, 0.05) is 12.8 Å². The molecule has 0 amide bonds. The molecule has 5 heteroatoms. The van der Waals surface area contributed by atoms with Crippen molar-refractivity contribution in [3.8, 4) is 0 Å². The molecule has 2 rings (SSSR count). The zero-order valence-corrected chi connectivity index (χ0v) is 9.96. The lowest BCUT2D eigenvalue weighted by molar-refractivity contribution is 0.371. The van der Waals surface area contributed by atoms with Crippen molar-refractivity contribution in [2.24, 2.45) is 13.0 Å². The zero-order valence-electron chi connectivity index (χ0n) is 9.15. The van der Waals surface area contributed by atoms with Crippen LogP contribution in [0.3, 0.4) is 0 Å². The molecule has 15 heavy (non-hydrogen) atoms. The maximum atomic E-state index is 4.20. The van der Waals surface area contributed by atoms with Gasteiger partial charge < -0.3 is 5.32 Å². The summed E-state index contributed by atoms with van der Waals surface area (Å²) in [5.41, 5.74) is 0. The molecule has 1 fully saturated rings. The molecule has 84 valence electrons. The summed E-state index contributed by atoms with van der Waals surface area (Å²) in [6.07, 6.45) is 5.61. The van der Waals surface area contributed by atoms with Gasteiger partial charge in [0.2, 0.25) is 0 Å². The molecular weight excluding hydrogens is 208 g/mol. The Morgan fingerprint density at radius 1 is 1.67 bits per heavy atom. The third kappa shape index (κ3) is 3.21. The molecule has 1 atom stereocenters. The minimum Gasteiger partial charge on any atom is -0.316 e. The van der Waals surface area contributed by atoms with E-state index in [1.165, 1.54) is 32.4 Å². The van der Waals surface area contributed by atoms with Gasteiger partial charge in [-0.25, -0.2) is 9.67 Å². The van der Waals surface area contributed by atoms with Crippen LogP contribution in [0.25, 0.3) is 0 Å². The molecule has 1 saturated heterocycles. The lowest BCUT2D eigenvalue weighted by Crippen LogP contribution is -2.29. The van der Waals surface area contributed by atoms with E-state index in [1.54, 1.807) is 6.33 Å². The second-order valence-corrected chi connectivity index (χ2v) is 5.08. The van der Waals surface area contributed by atoms with Crippen molar-refractivity contribution in [2.75, 3.05) is 18.8 Å². The first-order valence-electron chi connectivity index (χ1n) is 5.54. The summed E-state index contributed by atoms with van der Waals surface area (Å²) in [7, 11) is 1.94. The summed E-state index contributed by atoms with van der Waals surface area (Å²) >= 11 is 1.81. The van der Waals surface area contributed by atoms with Crippen LogP contribution < -0.4 is 5.32 Å². The summed E-state index contributed by atoms with van der Waals surface area (Å²) in [4.78, 5) is 4.20. The van der Waals surface area contributed by atoms with Gasteiger partial charge in [-0.1, -0.05) is 11.8 Å². The van der Waals surface area contributed by atoms with Crippen LogP contribution in [-0.4, -0.2) is 33.6 Å². The van der Waals surface area contributed by atoms with Crippen molar-refractivity contribution in [1.29, 1.82) is 0 Å². The molecule has 0 aromatic carbocycles. The van der Waals surface area contributed by atoms with Crippen molar-refractivity contribution in [2.45, 2.75) is 24.4 Å². The fourth-order valence-electron chi connectivity index (χ4n) is 1.90. The summed E-state index contributed by atoms with van der Waals surface area (Å²) < 4.78 is 1.84. The Morgan fingerprint density at radius 3 is 3.27 bits per heavy atom. The van der Waals surface area contributed by atoms with Crippen LogP contribution in [0.15, 0.2) is 11.5 Å². The Morgan fingerprint density at radius 2 is 2.60 bits per heavy atom. The van der Waals surface area contributed by atoms with Crippen molar-refractivity contribution in [1.82, 2.24) is 20.1 Å². The number of thioether (sulfide) groups is 1. The molecule has 0 saturated carbocycles. The first-order chi connectivity index (χ1) is 7.36. The van der Waals surface area contributed by atoms with Gasteiger partial charge in [0.05, 0.1) is 0 Å². The highest BCUT2D eigenvalue weighted by Crippen LogP contribution is 2.20. The first kappa shape index (κ1) is 11.0. The second-order valence-electron chi connectivity index (χ2n) is 4.02. The van der Waals surface area contributed by atoms with Crippen molar-refractivity contribution < 1.29 is 0 Å². The number of aryl methyl sites for hydroxylation is 1. The number of nitrogens with zero attached hydrogens (tertiary/aromatic N) is 3. The molecule has 1 unspecified atom stereocenters. The summed E-state index contributed by atoms with van der Waals surface area (Å²) in [5, 5.41) is 8.53. The smallest absolute Gasteiger partial charge is 0.185 e. The number of hydrogen-bond donors (Lipinski definition) is 1. The highest BCUT2D eigenvalue weighted by Gasteiger charge is 2.12. The van der Waals surface area contributed by atoms with E-state index in [9.17, 15) is 0 Å². The average Bonchev–Trinajstić information content (AvgIpc) is 2.66. The molecular formula is C10H18N4S. The molecule has 1 aliphatic heterocycles. The van der Waals surface area contributed by atoms with Gasteiger partial charge in [-0.2, -0.15) is 5.10 Å². The Balaban J connectivity index is 1.68. The van der Waals surface area contributed by atoms with Crippen LogP contribution in [-0.2, 0) is 7.05 Å². The molecule has 1 N–H and O–H groups in total. The van der Waals surface area contributed by atoms with E-state index in [1.807, 2.05) is 23.5 Å². The van der Waals surface area contributed by atoms with Crippen LogP contribution in [0, 0.1) is 5.92 Å². The van der Waals surface area contributed by atoms with Crippen LogP contribution in [0.2, 0.25) is 0 Å². The van der Waals surface area contributed by atoms with Gasteiger partial charge >= 0.3 is 0 Å². The Hall–Kier alpha value is -0.550. The zero-order chi connectivity index (χ0) is 10.5. The number of nitrogens with one attached hydrogen (secondary N) is 1. The molecule has 1 aromatic rings. The van der Waals surface area contributed by atoms with Crippen molar-refractivity contribution in [3.05, 3.63) is 6.33 Å². The highest BCUT2D eigenvalue weighted by molar-refractivity contribution is 7.99. The molecule has 0 aliphatic carbocycles. The van der Waals surface area contributed by atoms with Crippen molar-refractivity contribution in [3.63, 3.8) is 0 Å². The quantitative estimate of drug-likeness (QED) is 0.786. The normalized spacial score (nSPS) is 21.8. The SMILES string of the molecule is Cn1ncnc1SCCC1CCCNC1. The van der Waals surface area contributed by atoms with E-state index in [4.69, 9.17) is 0 Å². The Labute approximate surface area is 94.8 Å². The molecule has 0 spiro atoms. The lowest BCUT2D eigenvalue weighted by atomic mass is 9.97. The van der Waals surface area contributed by atoms with Gasteiger partial charge in [0.25, 0.3) is 0 Å². The van der Waals surface area contributed by atoms with E-state index in [-0.39, 0.29) is 0 Å². The summed E-state index contributed by atoms with van der Waals surface area (Å²) in [5.74, 6) is 2.01. The minimum absolute atomic E-state index is 0.861. The largest absolute Gasteiger partial charge is 0.316 e. The van der Waals surface area contributed by atoms with Crippen LogP contribution >= 0.6 is 11.8 Å². The lowest BCUT2D eigenvalue weighted by Gasteiger charge is -2.22. The summed E-state index contributed by atoms with van der Waals surface area (Å²) in [6.45, 7) is 2.40. The molecule has 2 heterocycles. The van der Waals surface area contributed by atoms with Gasteiger partial charge in [-0.15, -0.1) is 0 Å². The predicted octanol–water partition coefficient (Wildman–Crippen LogP) is 1.30. The van der Waals surface area contributed by atoms with E-state index < -0.39 is 0 Å².